The van der Waals surface area contributed by atoms with Crippen LogP contribution in [-0.2, 0) is 6.42 Å². The summed E-state index contributed by atoms with van der Waals surface area (Å²) in [5.74, 6) is -2.43. The Morgan fingerprint density at radius 3 is 2.29 bits per heavy atom. The number of hydrogen-bond donors (Lipinski definition) is 0. The molecule has 0 aliphatic carbocycles. The van der Waals surface area contributed by atoms with Gasteiger partial charge >= 0.3 is 5.97 Å². The van der Waals surface area contributed by atoms with E-state index >= 15 is 0 Å². The first-order chi connectivity index (χ1) is 19.8. The van der Waals surface area contributed by atoms with E-state index in [-0.39, 0.29) is 38.4 Å². The number of carbonyl (C=O) groups is 3. The molecule has 0 saturated carbocycles. The molecule has 0 radical (unpaired) electrons. The average Bonchev–Trinajstić information content (AvgIpc) is 3.23. The summed E-state index contributed by atoms with van der Waals surface area (Å²) < 4.78 is 11.6. The highest BCUT2D eigenvalue weighted by Gasteiger charge is 2.37. The number of amides is 2. The van der Waals surface area contributed by atoms with E-state index < -0.39 is 29.0 Å². The molecule has 41 heavy (non-hydrogen) atoms. The highest BCUT2D eigenvalue weighted by Crippen LogP contribution is 2.36. The van der Waals surface area contributed by atoms with Gasteiger partial charge in [0.25, 0.3) is 11.8 Å². The van der Waals surface area contributed by atoms with Crippen molar-refractivity contribution in [3.8, 4) is 17.1 Å². The highest BCUT2D eigenvalue weighted by atomic mass is 35.5. The Hall–Kier alpha value is -4.72. The zero-order valence-corrected chi connectivity index (χ0v) is 23.0. The van der Waals surface area contributed by atoms with Gasteiger partial charge in [0.2, 0.25) is 11.2 Å². The van der Waals surface area contributed by atoms with Gasteiger partial charge in [0.15, 0.2) is 5.76 Å². The van der Waals surface area contributed by atoms with E-state index in [1.54, 1.807) is 42.5 Å². The summed E-state index contributed by atoms with van der Waals surface area (Å²) in [5.41, 5.74) is 1.58. The van der Waals surface area contributed by atoms with Crippen molar-refractivity contribution in [2.45, 2.75) is 13.3 Å². The molecule has 0 saturated heterocycles. The van der Waals surface area contributed by atoms with Gasteiger partial charge in [-0.25, -0.2) is 9.69 Å². The molecule has 2 heterocycles. The molecular weight excluding hydrogens is 565 g/mol. The fourth-order valence-electron chi connectivity index (χ4n) is 4.70. The van der Waals surface area contributed by atoms with E-state index in [0.29, 0.717) is 16.3 Å². The molecule has 0 spiro atoms. The summed E-state index contributed by atoms with van der Waals surface area (Å²) in [6.07, 6.45) is 0.814. The van der Waals surface area contributed by atoms with Crippen LogP contribution in [0.5, 0.6) is 5.75 Å². The molecule has 0 unspecified atom stereocenters. The van der Waals surface area contributed by atoms with Crippen molar-refractivity contribution in [3.63, 3.8) is 0 Å². The van der Waals surface area contributed by atoms with E-state index in [1.807, 2.05) is 19.1 Å². The summed E-state index contributed by atoms with van der Waals surface area (Å²) in [4.78, 5) is 54.3. The van der Waals surface area contributed by atoms with Crippen molar-refractivity contribution < 1.29 is 23.5 Å². The Kier molecular flexibility index (Phi) is 6.69. The number of rotatable bonds is 5. The van der Waals surface area contributed by atoms with Crippen LogP contribution in [0, 0.1) is 0 Å². The first-order valence-electron chi connectivity index (χ1n) is 12.6. The summed E-state index contributed by atoms with van der Waals surface area (Å²) in [5, 5.41) is 0.675. The molecule has 4 aromatic carbocycles. The van der Waals surface area contributed by atoms with Crippen molar-refractivity contribution in [2.24, 2.45) is 0 Å². The standard InChI is InChI=1S/C32H19Cl2NO6/c1-2-17-7-11-20(12-8-17)35-30(37)21-13-9-18(15-23(21)31(35)38)32(39)41-29-27(36)24-16-19(33)10-14-26(24)40-28(29)22-5-3-4-6-25(22)34/h3-16H,2H2,1H3. The molecule has 0 N–H and O–H groups in total. The SMILES string of the molecule is CCc1ccc(N2C(=O)c3ccc(C(=O)Oc4c(-c5ccccc5Cl)oc5ccc(Cl)cc5c4=O)cc3C2=O)cc1. The van der Waals surface area contributed by atoms with Crippen LogP contribution in [0.25, 0.3) is 22.3 Å². The second-order valence-electron chi connectivity index (χ2n) is 9.33. The third-order valence-electron chi connectivity index (χ3n) is 6.85. The fraction of sp³-hybridized carbons (Fsp3) is 0.0625. The van der Waals surface area contributed by atoms with Crippen LogP contribution < -0.4 is 15.1 Å². The molecule has 6 rings (SSSR count). The molecule has 1 aliphatic heterocycles. The second-order valence-corrected chi connectivity index (χ2v) is 10.2. The molecule has 9 heteroatoms. The lowest BCUT2D eigenvalue weighted by molar-refractivity contribution is 0.0730. The normalized spacial score (nSPS) is 12.6. The Labute approximate surface area is 243 Å². The van der Waals surface area contributed by atoms with Crippen LogP contribution in [0.1, 0.15) is 43.6 Å². The topological polar surface area (TPSA) is 93.9 Å². The third kappa shape index (κ3) is 4.59. The molecule has 202 valence electrons. The van der Waals surface area contributed by atoms with Gasteiger partial charge in [-0.3, -0.25) is 14.4 Å². The average molecular weight is 584 g/mol. The molecule has 7 nitrogen and oxygen atoms in total. The van der Waals surface area contributed by atoms with Gasteiger partial charge in [-0.1, -0.05) is 54.4 Å². The fourth-order valence-corrected chi connectivity index (χ4v) is 5.09. The summed E-state index contributed by atoms with van der Waals surface area (Å²) in [7, 11) is 0. The highest BCUT2D eigenvalue weighted by molar-refractivity contribution is 6.35. The molecule has 5 aromatic rings. The number of esters is 1. The maximum Gasteiger partial charge on any atom is 0.343 e. The van der Waals surface area contributed by atoms with Crippen LogP contribution >= 0.6 is 23.2 Å². The van der Waals surface area contributed by atoms with Crippen LogP contribution in [0.2, 0.25) is 10.0 Å². The molecule has 2 amide bonds. The predicted molar refractivity (Wildman–Crippen MR) is 156 cm³/mol. The van der Waals surface area contributed by atoms with E-state index in [1.165, 1.54) is 30.3 Å². The van der Waals surface area contributed by atoms with Crippen molar-refractivity contribution in [3.05, 3.63) is 127 Å². The van der Waals surface area contributed by atoms with Gasteiger partial charge in [0, 0.05) is 10.6 Å². The lowest BCUT2D eigenvalue weighted by Crippen LogP contribution is -2.29. The Morgan fingerprint density at radius 1 is 0.829 bits per heavy atom. The number of ether oxygens (including phenoxy) is 1. The van der Waals surface area contributed by atoms with Crippen LogP contribution in [-0.4, -0.2) is 17.8 Å². The van der Waals surface area contributed by atoms with Crippen LogP contribution in [0.4, 0.5) is 5.69 Å². The Morgan fingerprint density at radius 2 is 1.56 bits per heavy atom. The first kappa shape index (κ1) is 26.5. The molecular formula is C32H19Cl2NO6. The number of hydrogen-bond acceptors (Lipinski definition) is 6. The van der Waals surface area contributed by atoms with Crippen LogP contribution in [0.3, 0.4) is 0 Å². The second kappa shape index (κ2) is 10.4. The summed E-state index contributed by atoms with van der Waals surface area (Å²) in [6.45, 7) is 2.01. The maximum absolute atomic E-state index is 13.5. The van der Waals surface area contributed by atoms with Crippen molar-refractivity contribution in [2.75, 3.05) is 4.90 Å². The van der Waals surface area contributed by atoms with Crippen molar-refractivity contribution >= 4 is 57.6 Å². The van der Waals surface area contributed by atoms with Crippen molar-refractivity contribution in [1.82, 2.24) is 0 Å². The van der Waals surface area contributed by atoms with Gasteiger partial charge < -0.3 is 9.15 Å². The van der Waals surface area contributed by atoms with E-state index in [4.69, 9.17) is 32.4 Å². The molecule has 1 aliphatic rings. The summed E-state index contributed by atoms with van der Waals surface area (Å²) >= 11 is 12.5. The minimum absolute atomic E-state index is 0.0382. The predicted octanol–water partition coefficient (Wildman–Crippen LogP) is 7.35. The number of benzene rings is 4. The molecule has 0 fully saturated rings. The molecule has 1 aromatic heterocycles. The minimum Gasteiger partial charge on any atom is -0.452 e. The monoisotopic (exact) mass is 583 g/mol. The van der Waals surface area contributed by atoms with Gasteiger partial charge in [-0.2, -0.15) is 0 Å². The smallest absolute Gasteiger partial charge is 0.343 e. The van der Waals surface area contributed by atoms with Gasteiger partial charge in [-0.15, -0.1) is 0 Å². The molecule has 0 atom stereocenters. The lowest BCUT2D eigenvalue weighted by atomic mass is 10.1. The zero-order valence-electron chi connectivity index (χ0n) is 21.4. The molecule has 0 bridgehead atoms. The largest absolute Gasteiger partial charge is 0.452 e. The number of anilines is 1. The van der Waals surface area contributed by atoms with Gasteiger partial charge in [-0.05, 0) is 72.6 Å². The number of halogens is 2. The van der Waals surface area contributed by atoms with E-state index in [2.05, 4.69) is 0 Å². The number of carbonyl (C=O) groups excluding carboxylic acids is 3. The summed E-state index contributed by atoms with van der Waals surface area (Å²) in [6, 6.07) is 22.3. The number of nitrogens with zero attached hydrogens (tertiary/aromatic N) is 1. The van der Waals surface area contributed by atoms with E-state index in [0.717, 1.165) is 16.9 Å². The van der Waals surface area contributed by atoms with Gasteiger partial charge in [0.05, 0.1) is 32.8 Å². The number of aryl methyl sites for hydroxylation is 1. The zero-order chi connectivity index (χ0) is 28.8. The van der Waals surface area contributed by atoms with Gasteiger partial charge in [0.1, 0.15) is 5.58 Å². The Balaban J connectivity index is 1.39. The minimum atomic E-state index is -0.930. The number of imide groups is 1. The lowest BCUT2D eigenvalue weighted by Gasteiger charge is -2.14. The van der Waals surface area contributed by atoms with Crippen LogP contribution in [0.15, 0.2) is 94.1 Å². The van der Waals surface area contributed by atoms with E-state index in [9.17, 15) is 19.2 Å². The third-order valence-corrected chi connectivity index (χ3v) is 7.41. The first-order valence-corrected chi connectivity index (χ1v) is 13.4. The quantitative estimate of drug-likeness (QED) is 0.158. The Bertz CT molecular complexity index is 1960. The number of fused-ring (bicyclic) bond motifs is 2. The van der Waals surface area contributed by atoms with Crippen molar-refractivity contribution in [1.29, 1.82) is 0 Å². The maximum atomic E-state index is 13.5.